The van der Waals surface area contributed by atoms with Crippen LogP contribution in [0.5, 0.6) is 5.75 Å². The molecule has 1 aliphatic rings. The monoisotopic (exact) mass is 418 g/mol. The number of benzene rings is 3. The van der Waals surface area contributed by atoms with Crippen LogP contribution in [0.3, 0.4) is 0 Å². The number of carbonyl (C=O) groups is 1. The van der Waals surface area contributed by atoms with Gasteiger partial charge < -0.3 is 9.47 Å². The minimum absolute atomic E-state index is 0.00434. The third kappa shape index (κ3) is 4.81. The summed E-state index contributed by atoms with van der Waals surface area (Å²) >= 11 is 0. The van der Waals surface area contributed by atoms with Gasteiger partial charge in [-0.2, -0.15) is 0 Å². The lowest BCUT2D eigenvalue weighted by molar-refractivity contribution is -0.384. The fraction of sp³-hybridized carbons (Fsp3) is 0.0435. The van der Waals surface area contributed by atoms with Crippen molar-refractivity contribution in [2.24, 2.45) is 4.99 Å². The molecule has 0 radical (unpaired) electrons. The minimum atomic E-state index is -0.620. The molecule has 0 aromatic heterocycles. The Kier molecular flexibility index (Phi) is 5.53. The summed E-state index contributed by atoms with van der Waals surface area (Å²) in [6.45, 7) is 0.176. The predicted molar refractivity (Wildman–Crippen MR) is 111 cm³/mol. The van der Waals surface area contributed by atoms with E-state index in [1.54, 1.807) is 48.5 Å². The van der Waals surface area contributed by atoms with Crippen LogP contribution in [-0.4, -0.2) is 16.8 Å². The lowest BCUT2D eigenvalue weighted by Gasteiger charge is -2.06. The summed E-state index contributed by atoms with van der Waals surface area (Å²) in [7, 11) is 0. The summed E-state index contributed by atoms with van der Waals surface area (Å²) in [5.41, 5.74) is 1.85. The standard InChI is InChI=1S/C23H15FN2O5/c24-18-5-2-4-17(13-18)22-25-21(23(27)31-22)12-15-7-9-20(10-8-15)30-14-16-3-1-6-19(11-16)26(28)29/h1-13H,14H2. The molecule has 3 aromatic rings. The number of nitro benzene ring substituents is 1. The van der Waals surface area contributed by atoms with Gasteiger partial charge in [0.05, 0.1) is 4.92 Å². The van der Waals surface area contributed by atoms with Crippen molar-refractivity contribution in [3.8, 4) is 5.75 Å². The number of nitrogens with zero attached hydrogens (tertiary/aromatic N) is 2. The van der Waals surface area contributed by atoms with Crippen molar-refractivity contribution in [2.45, 2.75) is 6.61 Å². The van der Waals surface area contributed by atoms with Gasteiger partial charge in [-0.1, -0.05) is 30.3 Å². The highest BCUT2D eigenvalue weighted by molar-refractivity contribution is 6.12. The van der Waals surface area contributed by atoms with Crippen LogP contribution in [0, 0.1) is 15.9 Å². The number of aliphatic imine (C=N–C) groups is 1. The number of rotatable bonds is 6. The molecule has 0 atom stereocenters. The largest absolute Gasteiger partial charge is 0.489 e. The third-order valence-corrected chi connectivity index (χ3v) is 4.40. The maximum atomic E-state index is 13.4. The first-order valence-electron chi connectivity index (χ1n) is 9.23. The van der Waals surface area contributed by atoms with Crippen LogP contribution < -0.4 is 4.74 Å². The number of carbonyl (C=O) groups excluding carboxylic acids is 1. The van der Waals surface area contributed by atoms with Crippen molar-refractivity contribution >= 4 is 23.6 Å². The van der Waals surface area contributed by atoms with Crippen molar-refractivity contribution in [1.29, 1.82) is 0 Å². The highest BCUT2D eigenvalue weighted by Crippen LogP contribution is 2.22. The molecule has 0 amide bonds. The quantitative estimate of drug-likeness (QED) is 0.251. The van der Waals surface area contributed by atoms with Gasteiger partial charge in [0.15, 0.2) is 5.70 Å². The second kappa shape index (κ2) is 8.58. The van der Waals surface area contributed by atoms with E-state index in [0.29, 0.717) is 22.4 Å². The fourth-order valence-electron chi connectivity index (χ4n) is 2.90. The molecular formula is C23H15FN2O5. The van der Waals surface area contributed by atoms with E-state index < -0.39 is 16.7 Å². The average molecular weight is 418 g/mol. The minimum Gasteiger partial charge on any atom is -0.489 e. The van der Waals surface area contributed by atoms with E-state index in [4.69, 9.17) is 9.47 Å². The molecule has 0 bridgehead atoms. The zero-order chi connectivity index (χ0) is 21.8. The summed E-state index contributed by atoms with van der Waals surface area (Å²) in [6, 6.07) is 18.8. The lowest BCUT2D eigenvalue weighted by atomic mass is 10.2. The molecule has 3 aromatic carbocycles. The topological polar surface area (TPSA) is 91.0 Å². The zero-order valence-electron chi connectivity index (χ0n) is 16.0. The van der Waals surface area contributed by atoms with E-state index in [1.165, 1.54) is 30.3 Å². The zero-order valence-corrected chi connectivity index (χ0v) is 16.0. The molecule has 8 heteroatoms. The lowest BCUT2D eigenvalue weighted by Crippen LogP contribution is -2.05. The summed E-state index contributed by atoms with van der Waals surface area (Å²) in [5.74, 6) is -0.459. The summed E-state index contributed by atoms with van der Waals surface area (Å²) in [4.78, 5) is 26.6. The first-order chi connectivity index (χ1) is 15.0. The van der Waals surface area contributed by atoms with Crippen LogP contribution in [0.1, 0.15) is 16.7 Å². The van der Waals surface area contributed by atoms with Crippen LogP contribution in [0.4, 0.5) is 10.1 Å². The highest BCUT2D eigenvalue weighted by atomic mass is 19.1. The average Bonchev–Trinajstić information content (AvgIpc) is 3.14. The van der Waals surface area contributed by atoms with Crippen LogP contribution in [-0.2, 0) is 16.1 Å². The molecule has 0 fully saturated rings. The SMILES string of the molecule is O=C1OC(c2cccc(F)c2)=NC1=Cc1ccc(OCc2cccc([N+](=O)[O-])c2)cc1. The maximum Gasteiger partial charge on any atom is 0.363 e. The predicted octanol–water partition coefficient (Wildman–Crippen LogP) is 4.66. The number of cyclic esters (lactones) is 1. The third-order valence-electron chi connectivity index (χ3n) is 4.40. The second-order valence-electron chi connectivity index (χ2n) is 6.63. The Labute approximate surface area is 176 Å². The first kappa shape index (κ1) is 20.0. The Morgan fingerprint density at radius 3 is 2.58 bits per heavy atom. The van der Waals surface area contributed by atoms with Crippen molar-refractivity contribution in [3.05, 3.63) is 111 Å². The molecule has 0 N–H and O–H groups in total. The number of nitro groups is 1. The Balaban J connectivity index is 1.44. The van der Waals surface area contributed by atoms with Gasteiger partial charge in [0.1, 0.15) is 18.2 Å². The first-order valence-corrected chi connectivity index (χ1v) is 9.23. The van der Waals surface area contributed by atoms with Crippen molar-refractivity contribution in [3.63, 3.8) is 0 Å². The van der Waals surface area contributed by atoms with Crippen LogP contribution in [0.15, 0.2) is 83.5 Å². The fourth-order valence-corrected chi connectivity index (χ4v) is 2.90. The van der Waals surface area contributed by atoms with Crippen molar-refractivity contribution in [1.82, 2.24) is 0 Å². The summed E-state index contributed by atoms with van der Waals surface area (Å²) in [5, 5.41) is 10.8. The normalized spacial score (nSPS) is 14.3. The van der Waals surface area contributed by atoms with Gasteiger partial charge >= 0.3 is 5.97 Å². The molecule has 31 heavy (non-hydrogen) atoms. The Bertz CT molecular complexity index is 1220. The van der Waals surface area contributed by atoms with E-state index in [9.17, 15) is 19.3 Å². The number of hydrogen-bond acceptors (Lipinski definition) is 6. The highest BCUT2D eigenvalue weighted by Gasteiger charge is 2.24. The Morgan fingerprint density at radius 2 is 1.84 bits per heavy atom. The maximum absolute atomic E-state index is 13.4. The van der Waals surface area contributed by atoms with Gasteiger partial charge in [-0.05, 0) is 47.5 Å². The Hall–Kier alpha value is -4.33. The Morgan fingerprint density at radius 1 is 1.06 bits per heavy atom. The number of hydrogen-bond donors (Lipinski definition) is 0. The van der Waals surface area contributed by atoms with E-state index in [0.717, 1.165) is 0 Å². The van der Waals surface area contributed by atoms with Gasteiger partial charge in [-0.3, -0.25) is 10.1 Å². The van der Waals surface area contributed by atoms with Crippen LogP contribution in [0.25, 0.3) is 6.08 Å². The van der Waals surface area contributed by atoms with Gasteiger partial charge in [0.25, 0.3) is 5.69 Å². The molecule has 0 unspecified atom stereocenters. The molecule has 0 saturated heterocycles. The van der Waals surface area contributed by atoms with E-state index >= 15 is 0 Å². The van der Waals surface area contributed by atoms with Crippen molar-refractivity contribution < 1.29 is 23.6 Å². The van der Waals surface area contributed by atoms with E-state index in [-0.39, 0.29) is 23.9 Å². The molecule has 1 aliphatic heterocycles. The number of halogens is 1. The molecule has 7 nitrogen and oxygen atoms in total. The number of non-ortho nitro benzene ring substituents is 1. The molecule has 1 heterocycles. The molecule has 0 aliphatic carbocycles. The van der Waals surface area contributed by atoms with Crippen molar-refractivity contribution in [2.75, 3.05) is 0 Å². The van der Waals surface area contributed by atoms with E-state index in [1.807, 2.05) is 0 Å². The van der Waals surface area contributed by atoms with E-state index in [2.05, 4.69) is 4.99 Å². The van der Waals surface area contributed by atoms with Gasteiger partial charge in [-0.25, -0.2) is 14.2 Å². The summed E-state index contributed by atoms with van der Waals surface area (Å²) < 4.78 is 24.2. The number of esters is 1. The second-order valence-corrected chi connectivity index (χ2v) is 6.63. The van der Waals surface area contributed by atoms with Gasteiger partial charge in [0.2, 0.25) is 5.90 Å². The molecule has 0 saturated carbocycles. The van der Waals surface area contributed by atoms with Crippen LogP contribution in [0.2, 0.25) is 0 Å². The summed E-state index contributed by atoms with van der Waals surface area (Å²) in [6.07, 6.45) is 1.55. The molecule has 0 spiro atoms. The number of ether oxygens (including phenoxy) is 2. The van der Waals surface area contributed by atoms with Gasteiger partial charge in [0, 0.05) is 17.7 Å². The van der Waals surface area contributed by atoms with Crippen LogP contribution >= 0.6 is 0 Å². The smallest absolute Gasteiger partial charge is 0.363 e. The molecular weight excluding hydrogens is 403 g/mol. The molecule has 4 rings (SSSR count). The molecule has 154 valence electrons. The van der Waals surface area contributed by atoms with Gasteiger partial charge in [-0.15, -0.1) is 0 Å².